The average molecular weight is 608 g/mol. The molecule has 0 aliphatic heterocycles. The van der Waals surface area contributed by atoms with Crippen molar-refractivity contribution in [3.05, 3.63) is 162 Å². The van der Waals surface area contributed by atoms with Crippen molar-refractivity contribution in [2.45, 2.75) is 32.0 Å². The van der Waals surface area contributed by atoms with E-state index in [1.165, 1.54) is 7.11 Å². The van der Waals surface area contributed by atoms with Crippen molar-refractivity contribution in [3.8, 4) is 22.5 Å². The Morgan fingerprint density at radius 2 is 1.22 bits per heavy atom. The van der Waals surface area contributed by atoms with Gasteiger partial charge in [-0.3, -0.25) is 4.79 Å². The lowest BCUT2D eigenvalue weighted by Crippen LogP contribution is -2.41. The molecule has 6 rings (SSSR count). The molecule has 1 heterocycles. The summed E-state index contributed by atoms with van der Waals surface area (Å²) in [6.07, 6.45) is 0. The summed E-state index contributed by atoms with van der Waals surface area (Å²) >= 11 is 0. The Balaban J connectivity index is 1.45. The highest BCUT2D eigenvalue weighted by molar-refractivity contribution is 5.81. The number of rotatable bonds is 11. The summed E-state index contributed by atoms with van der Waals surface area (Å²) in [5, 5.41) is 17.0. The Morgan fingerprint density at radius 3 is 1.72 bits per heavy atom. The molecule has 0 aliphatic carbocycles. The molecule has 0 amide bonds. The molecule has 7 heteroatoms. The maximum Gasteiger partial charge on any atom is 0.323 e. The van der Waals surface area contributed by atoms with Crippen LogP contribution >= 0.6 is 0 Å². The monoisotopic (exact) mass is 607 g/mol. The number of esters is 1. The summed E-state index contributed by atoms with van der Waals surface area (Å²) in [7, 11) is 1.42. The van der Waals surface area contributed by atoms with Crippen LogP contribution in [0.5, 0.6) is 0 Å². The second kappa shape index (κ2) is 13.7. The van der Waals surface area contributed by atoms with Crippen LogP contribution in [0.3, 0.4) is 0 Å². The van der Waals surface area contributed by atoms with Gasteiger partial charge in [0.1, 0.15) is 11.6 Å². The number of carbonyl (C=O) groups is 1. The lowest BCUT2D eigenvalue weighted by atomic mass is 9.77. The van der Waals surface area contributed by atoms with E-state index in [4.69, 9.17) is 9.95 Å². The van der Waals surface area contributed by atoms with Gasteiger partial charge < -0.3 is 10.1 Å². The quantitative estimate of drug-likeness (QED) is 0.125. The van der Waals surface area contributed by atoms with Crippen molar-refractivity contribution in [1.82, 2.24) is 25.5 Å². The fourth-order valence-corrected chi connectivity index (χ4v) is 6.16. The summed E-state index contributed by atoms with van der Waals surface area (Å²) in [6, 6.07) is 47.4. The highest BCUT2D eigenvalue weighted by atomic mass is 16.5. The van der Waals surface area contributed by atoms with E-state index in [9.17, 15) is 4.79 Å². The molecule has 0 bridgehead atoms. The maximum absolute atomic E-state index is 12.2. The first-order valence-electron chi connectivity index (χ1n) is 15.5. The van der Waals surface area contributed by atoms with Gasteiger partial charge in [0, 0.05) is 12.1 Å². The third kappa shape index (κ3) is 5.85. The number of benzene rings is 5. The maximum atomic E-state index is 12.2. The number of ether oxygens (including phenoxy) is 1. The Kier molecular flexibility index (Phi) is 9.13. The molecule has 5 aromatic carbocycles. The minimum atomic E-state index is -0.849. The molecular formula is C39H37N5O2. The normalized spacial score (nSPS) is 12.2. The summed E-state index contributed by atoms with van der Waals surface area (Å²) < 4.78 is 6.95. The van der Waals surface area contributed by atoms with Gasteiger partial charge in [0.15, 0.2) is 5.82 Å². The lowest BCUT2D eigenvalue weighted by molar-refractivity contribution is -0.144. The molecule has 46 heavy (non-hydrogen) atoms. The second-order valence-electron chi connectivity index (χ2n) is 11.6. The fourth-order valence-electron chi connectivity index (χ4n) is 6.16. The Morgan fingerprint density at radius 1 is 0.717 bits per heavy atom. The largest absolute Gasteiger partial charge is 0.468 e. The number of hydrogen-bond donors (Lipinski definition) is 1. The van der Waals surface area contributed by atoms with Crippen molar-refractivity contribution in [1.29, 1.82) is 0 Å². The van der Waals surface area contributed by atoms with Crippen LogP contribution in [0.1, 0.15) is 36.1 Å². The van der Waals surface area contributed by atoms with Crippen LogP contribution in [0.4, 0.5) is 0 Å². The Bertz CT molecular complexity index is 1770. The number of nitrogens with zero attached hydrogens (tertiary/aromatic N) is 4. The zero-order chi connectivity index (χ0) is 31.9. The molecule has 0 aliphatic rings. The van der Waals surface area contributed by atoms with Crippen LogP contribution in [-0.4, -0.2) is 39.3 Å². The van der Waals surface area contributed by atoms with Gasteiger partial charge in [0.05, 0.1) is 7.11 Å². The third-order valence-electron chi connectivity index (χ3n) is 8.44. The molecule has 230 valence electrons. The predicted molar refractivity (Wildman–Crippen MR) is 181 cm³/mol. The van der Waals surface area contributed by atoms with Crippen molar-refractivity contribution < 1.29 is 9.53 Å². The molecule has 6 aromatic rings. The standard InChI is InChI=1S/C39H37N5O2/c1-28(2)36(38(45)46-3)40-27-29-23-25-30(26-24-29)34-21-13-14-22-35(34)37-41-42-43-44(37)39(31-15-7-4-8-16-31,32-17-9-5-10-18-32)33-19-11-6-12-20-33/h4-26,28,36,40H,27H2,1-3H3/t36-/m1/s1. The van der Waals surface area contributed by atoms with E-state index in [2.05, 4.69) is 125 Å². The van der Waals surface area contributed by atoms with Crippen molar-refractivity contribution in [2.75, 3.05) is 7.11 Å². The summed E-state index contributed by atoms with van der Waals surface area (Å²) in [5.74, 6) is 0.506. The first-order valence-corrected chi connectivity index (χ1v) is 15.5. The molecule has 0 saturated heterocycles. The van der Waals surface area contributed by atoms with Crippen molar-refractivity contribution in [3.63, 3.8) is 0 Å². The van der Waals surface area contributed by atoms with Gasteiger partial charge in [-0.15, -0.1) is 5.10 Å². The van der Waals surface area contributed by atoms with Crippen LogP contribution in [0.25, 0.3) is 22.5 Å². The molecule has 0 spiro atoms. The van der Waals surface area contributed by atoms with Crippen molar-refractivity contribution >= 4 is 5.97 Å². The zero-order valence-electron chi connectivity index (χ0n) is 26.2. The molecular weight excluding hydrogens is 570 g/mol. The highest BCUT2D eigenvalue weighted by Crippen LogP contribution is 2.43. The Hall–Kier alpha value is -5.40. The molecule has 0 fully saturated rings. The van der Waals surface area contributed by atoms with Gasteiger partial charge in [-0.05, 0) is 49.7 Å². The van der Waals surface area contributed by atoms with Crippen LogP contribution in [0.15, 0.2) is 140 Å². The first kappa shape index (κ1) is 30.6. The van der Waals surface area contributed by atoms with Gasteiger partial charge in [0.25, 0.3) is 0 Å². The average Bonchev–Trinajstić information content (AvgIpc) is 3.60. The molecule has 1 atom stereocenters. The van der Waals surface area contributed by atoms with E-state index in [1.54, 1.807) is 0 Å². The summed E-state index contributed by atoms with van der Waals surface area (Å²) in [5.41, 5.74) is 6.30. The summed E-state index contributed by atoms with van der Waals surface area (Å²) in [6.45, 7) is 4.56. The van der Waals surface area contributed by atoms with Gasteiger partial charge in [-0.25, -0.2) is 4.68 Å². The molecule has 7 nitrogen and oxygen atoms in total. The minimum Gasteiger partial charge on any atom is -0.468 e. The molecule has 0 radical (unpaired) electrons. The number of nitrogens with one attached hydrogen (secondary N) is 1. The zero-order valence-corrected chi connectivity index (χ0v) is 26.2. The van der Waals surface area contributed by atoms with E-state index in [1.807, 2.05) is 48.9 Å². The smallest absolute Gasteiger partial charge is 0.323 e. The van der Waals surface area contributed by atoms with E-state index in [0.717, 1.165) is 38.9 Å². The van der Waals surface area contributed by atoms with E-state index in [0.29, 0.717) is 12.4 Å². The van der Waals surface area contributed by atoms with Crippen molar-refractivity contribution in [2.24, 2.45) is 5.92 Å². The predicted octanol–water partition coefficient (Wildman–Crippen LogP) is 7.13. The fraction of sp³-hybridized carbons (Fsp3) is 0.179. The minimum absolute atomic E-state index is 0.110. The van der Waals surface area contributed by atoms with E-state index < -0.39 is 5.54 Å². The molecule has 1 N–H and O–H groups in total. The number of hydrogen-bond acceptors (Lipinski definition) is 6. The van der Waals surface area contributed by atoms with Gasteiger partial charge in [0.2, 0.25) is 0 Å². The van der Waals surface area contributed by atoms with Crippen LogP contribution < -0.4 is 5.32 Å². The molecule has 0 unspecified atom stereocenters. The SMILES string of the molecule is COC(=O)[C@H](NCc1ccc(-c2ccccc2-c2nnnn2C(c2ccccc2)(c2ccccc2)c2ccccc2)cc1)C(C)C. The number of aromatic nitrogens is 4. The van der Waals surface area contributed by atoms with Crippen LogP contribution in [0.2, 0.25) is 0 Å². The topological polar surface area (TPSA) is 81.9 Å². The van der Waals surface area contributed by atoms with Gasteiger partial charge in [-0.2, -0.15) is 0 Å². The lowest BCUT2D eigenvalue weighted by Gasteiger charge is -2.36. The third-order valence-corrected chi connectivity index (χ3v) is 8.44. The molecule has 1 aromatic heterocycles. The van der Waals surface area contributed by atoms with E-state index >= 15 is 0 Å². The van der Waals surface area contributed by atoms with Gasteiger partial charge in [-0.1, -0.05) is 153 Å². The second-order valence-corrected chi connectivity index (χ2v) is 11.6. The highest BCUT2D eigenvalue weighted by Gasteiger charge is 2.42. The van der Waals surface area contributed by atoms with Crippen LogP contribution in [-0.2, 0) is 21.6 Å². The number of tetrazole rings is 1. The number of carbonyl (C=O) groups excluding carboxylic acids is 1. The Labute approximate surface area is 269 Å². The van der Waals surface area contributed by atoms with Gasteiger partial charge >= 0.3 is 5.97 Å². The first-order chi connectivity index (χ1) is 22.5. The van der Waals surface area contributed by atoms with Crippen LogP contribution in [0, 0.1) is 5.92 Å². The van der Waals surface area contributed by atoms with E-state index in [-0.39, 0.29) is 17.9 Å². The number of methoxy groups -OCH3 is 1. The summed E-state index contributed by atoms with van der Waals surface area (Å²) in [4.78, 5) is 12.2. The molecule has 0 saturated carbocycles.